The minimum absolute atomic E-state index is 0.0774. The molecule has 0 aliphatic heterocycles. The summed E-state index contributed by atoms with van der Waals surface area (Å²) >= 11 is 0. The Bertz CT molecular complexity index is 1600. The molecule has 36 heavy (non-hydrogen) atoms. The van der Waals surface area contributed by atoms with E-state index in [1.165, 1.54) is 6.07 Å². The van der Waals surface area contributed by atoms with E-state index in [4.69, 9.17) is 0 Å². The first-order valence-corrected chi connectivity index (χ1v) is 9.22. The van der Waals surface area contributed by atoms with Gasteiger partial charge in [-0.05, 0) is 24.3 Å². The fraction of sp³-hybridized carbons (Fsp3) is 0. The van der Waals surface area contributed by atoms with Crippen LogP contribution in [0.1, 0.15) is 31.1 Å². The highest BCUT2D eigenvalue weighted by Gasteiger charge is 2.27. The van der Waals surface area contributed by atoms with Crippen molar-refractivity contribution >= 4 is 53.3 Å². The highest BCUT2D eigenvalue weighted by molar-refractivity contribution is 6.05. The zero-order chi connectivity index (χ0) is 26.4. The molecule has 3 aromatic heterocycles. The van der Waals surface area contributed by atoms with Gasteiger partial charge in [0, 0.05) is 6.20 Å². The molecule has 0 amide bonds. The Morgan fingerprint density at radius 3 is 1.86 bits per heavy atom. The van der Waals surface area contributed by atoms with E-state index in [9.17, 15) is 44.1 Å². The van der Waals surface area contributed by atoms with Gasteiger partial charge < -0.3 is 15.3 Å². The molecule has 0 aromatic carbocycles. The fourth-order valence-corrected chi connectivity index (χ4v) is 2.97. The number of aliphatic imine (C=N–C) groups is 3. The maximum atomic E-state index is 12.0. The molecule has 0 unspecified atom stereocenters. The van der Waals surface area contributed by atoms with Crippen molar-refractivity contribution in [3.63, 3.8) is 0 Å². The van der Waals surface area contributed by atoms with E-state index >= 15 is 0 Å². The molecule has 0 radical (unpaired) electrons. The number of carbonyl (C=O) groups is 3. The summed E-state index contributed by atoms with van der Waals surface area (Å²) in [5.74, 6) is -5.30. The fourth-order valence-electron chi connectivity index (χ4n) is 2.97. The number of carboxylic acids is 3. The van der Waals surface area contributed by atoms with Crippen LogP contribution in [0.5, 0.6) is 0 Å². The molecule has 0 fully saturated rings. The second-order valence-electron chi connectivity index (χ2n) is 6.44. The van der Waals surface area contributed by atoms with Crippen molar-refractivity contribution in [2.45, 2.75) is 0 Å². The van der Waals surface area contributed by atoms with Gasteiger partial charge in [0.1, 0.15) is 22.6 Å². The van der Waals surface area contributed by atoms with Gasteiger partial charge in [-0.25, -0.2) is 38.7 Å². The zero-order valence-electron chi connectivity index (χ0n) is 17.4. The van der Waals surface area contributed by atoms with Gasteiger partial charge in [-0.3, -0.25) is 4.98 Å². The number of isocyanates is 3. The zero-order valence-corrected chi connectivity index (χ0v) is 17.4. The van der Waals surface area contributed by atoms with Gasteiger partial charge in [-0.1, -0.05) is 0 Å². The number of carboxylic acid groups (broad SMARTS) is 3. The molecule has 3 heterocycles. The predicted octanol–water partition coefficient (Wildman–Crippen LogP) is 2.20. The number of aromatic carboxylic acids is 3. The van der Waals surface area contributed by atoms with Crippen molar-refractivity contribution in [2.24, 2.45) is 15.0 Å². The Morgan fingerprint density at radius 2 is 1.28 bits per heavy atom. The first-order chi connectivity index (χ1) is 17.2. The van der Waals surface area contributed by atoms with Crippen LogP contribution in [-0.4, -0.2) is 66.4 Å². The van der Waals surface area contributed by atoms with Crippen LogP contribution in [0.2, 0.25) is 0 Å². The van der Waals surface area contributed by atoms with Crippen molar-refractivity contribution < 1.29 is 44.1 Å². The quantitative estimate of drug-likeness (QED) is 0.305. The molecule has 0 spiro atoms. The average Bonchev–Trinajstić information content (AvgIpc) is 2.85. The molecule has 0 aliphatic carbocycles. The van der Waals surface area contributed by atoms with E-state index < -0.39 is 57.6 Å². The third-order valence-corrected chi connectivity index (χ3v) is 4.39. The SMILES string of the molecule is O=C=Nc1nc(-c2cc(C(=O)O)cc(-c3cc(C(=O)O)ccn3)n2)c(N=C=O)c(C(=O)O)c1N=C=O. The van der Waals surface area contributed by atoms with Crippen molar-refractivity contribution in [3.05, 3.63) is 47.2 Å². The topological polar surface area (TPSA) is 239 Å². The highest BCUT2D eigenvalue weighted by Crippen LogP contribution is 2.42. The number of aromatic nitrogens is 3. The highest BCUT2D eigenvalue weighted by atomic mass is 16.4. The van der Waals surface area contributed by atoms with Crippen molar-refractivity contribution in [3.8, 4) is 22.8 Å². The molecule has 15 heteroatoms. The van der Waals surface area contributed by atoms with Crippen molar-refractivity contribution in [2.75, 3.05) is 0 Å². The maximum absolute atomic E-state index is 12.0. The molecule has 0 atom stereocenters. The van der Waals surface area contributed by atoms with Crippen LogP contribution < -0.4 is 0 Å². The number of pyridine rings is 3. The van der Waals surface area contributed by atoms with Crippen LogP contribution in [0.25, 0.3) is 22.8 Å². The van der Waals surface area contributed by atoms with Gasteiger partial charge in [0.2, 0.25) is 18.2 Å². The van der Waals surface area contributed by atoms with Gasteiger partial charge in [-0.2, -0.15) is 9.98 Å². The lowest BCUT2D eigenvalue weighted by atomic mass is 10.0. The van der Waals surface area contributed by atoms with Crippen LogP contribution in [0, 0.1) is 0 Å². The number of rotatable bonds is 8. The summed E-state index contributed by atoms with van der Waals surface area (Å²) in [4.78, 5) is 89.6. The molecule has 3 N–H and O–H groups in total. The molecular weight excluding hydrogens is 480 g/mol. The van der Waals surface area contributed by atoms with E-state index in [-0.39, 0.29) is 17.0 Å². The second kappa shape index (κ2) is 10.3. The lowest BCUT2D eigenvalue weighted by Crippen LogP contribution is -2.05. The predicted molar refractivity (Wildman–Crippen MR) is 115 cm³/mol. The summed E-state index contributed by atoms with van der Waals surface area (Å²) < 4.78 is 0. The van der Waals surface area contributed by atoms with Gasteiger partial charge in [0.25, 0.3) is 0 Å². The average molecular weight is 488 g/mol. The monoisotopic (exact) mass is 488 g/mol. The molecule has 0 bridgehead atoms. The van der Waals surface area contributed by atoms with Crippen LogP contribution in [-0.2, 0) is 14.4 Å². The molecule has 15 nitrogen and oxygen atoms in total. The molecule has 176 valence electrons. The first kappa shape index (κ1) is 24.6. The third kappa shape index (κ3) is 4.83. The second-order valence-corrected chi connectivity index (χ2v) is 6.44. The number of carbonyl (C=O) groups excluding carboxylic acids is 3. The number of nitrogens with zero attached hydrogens (tertiary/aromatic N) is 6. The Balaban J connectivity index is 2.49. The van der Waals surface area contributed by atoms with E-state index in [1.54, 1.807) is 0 Å². The largest absolute Gasteiger partial charge is 0.478 e. The van der Waals surface area contributed by atoms with Gasteiger partial charge in [-0.15, -0.1) is 4.99 Å². The van der Waals surface area contributed by atoms with Crippen LogP contribution in [0.3, 0.4) is 0 Å². The van der Waals surface area contributed by atoms with Crippen LogP contribution in [0.4, 0.5) is 17.2 Å². The minimum atomic E-state index is -1.78. The lowest BCUT2D eigenvalue weighted by molar-refractivity contribution is 0.0686. The maximum Gasteiger partial charge on any atom is 0.340 e. The Labute approximate surface area is 197 Å². The summed E-state index contributed by atoms with van der Waals surface area (Å²) in [6.07, 6.45) is 4.43. The number of hydrogen-bond donors (Lipinski definition) is 3. The molecule has 0 saturated carbocycles. The van der Waals surface area contributed by atoms with E-state index in [2.05, 4.69) is 29.9 Å². The molecule has 3 aromatic rings. The van der Waals surface area contributed by atoms with E-state index in [0.717, 1.165) is 42.6 Å². The van der Waals surface area contributed by atoms with Gasteiger partial charge in [0.05, 0.1) is 28.2 Å². The van der Waals surface area contributed by atoms with Gasteiger partial charge >= 0.3 is 17.9 Å². The summed E-state index contributed by atoms with van der Waals surface area (Å²) in [6, 6.07) is 4.27. The normalized spacial score (nSPS) is 9.78. The molecule has 0 saturated heterocycles. The first-order valence-electron chi connectivity index (χ1n) is 9.22. The molecule has 3 rings (SSSR count). The Morgan fingerprint density at radius 1 is 0.694 bits per heavy atom. The molecule has 0 aliphatic rings. The van der Waals surface area contributed by atoms with Gasteiger partial charge in [0.15, 0.2) is 5.82 Å². The summed E-state index contributed by atoms with van der Waals surface area (Å²) in [7, 11) is 0. The summed E-state index contributed by atoms with van der Waals surface area (Å²) in [5.41, 5.74) is -4.28. The Hall–Kier alpha value is -6.00. The Kier molecular flexibility index (Phi) is 7.04. The van der Waals surface area contributed by atoms with Crippen molar-refractivity contribution in [1.29, 1.82) is 0 Å². The van der Waals surface area contributed by atoms with E-state index in [0.29, 0.717) is 0 Å². The van der Waals surface area contributed by atoms with Crippen LogP contribution in [0.15, 0.2) is 45.4 Å². The van der Waals surface area contributed by atoms with Crippen molar-refractivity contribution in [1.82, 2.24) is 15.0 Å². The summed E-state index contributed by atoms with van der Waals surface area (Å²) in [5, 5.41) is 28.5. The smallest absolute Gasteiger partial charge is 0.340 e. The minimum Gasteiger partial charge on any atom is -0.478 e. The molecular formula is C21H8N6O9. The van der Waals surface area contributed by atoms with Crippen LogP contribution >= 0.6 is 0 Å². The number of hydrogen-bond acceptors (Lipinski definition) is 12. The standard InChI is InChI=1S/C21H8N6O9/c28-6-23-16-14(21(35)36)17(24-7-29)18(25-8-30)27-15(16)13-5-10(20(33)34)4-12(26-13)11-3-9(19(31)32)1-2-22-11/h1-5H,(H,31,32)(H,33,34)(H,35,36). The third-order valence-electron chi connectivity index (χ3n) is 4.39. The summed E-state index contributed by atoms with van der Waals surface area (Å²) in [6.45, 7) is 0. The van der Waals surface area contributed by atoms with E-state index in [1.807, 2.05) is 0 Å². The lowest BCUT2D eigenvalue weighted by Gasteiger charge is -2.12.